The summed E-state index contributed by atoms with van der Waals surface area (Å²) in [6.45, 7) is 1.79. The van der Waals surface area contributed by atoms with Crippen LogP contribution in [0.15, 0.2) is 30.3 Å². The Labute approximate surface area is 160 Å². The zero-order valence-electron chi connectivity index (χ0n) is 14.9. The second kappa shape index (κ2) is 7.94. The van der Waals surface area contributed by atoms with Gasteiger partial charge in [0.05, 0.1) is 23.3 Å². The molecule has 0 fully saturated rings. The first-order valence-electron chi connectivity index (χ1n) is 8.33. The molecular formula is C19H19ClFN2O4+. The largest absolute Gasteiger partial charge is 0.454 e. The monoisotopic (exact) mass is 393 g/mol. The molecule has 0 saturated heterocycles. The van der Waals surface area contributed by atoms with Gasteiger partial charge in [-0.2, -0.15) is 0 Å². The van der Waals surface area contributed by atoms with Crippen molar-refractivity contribution in [2.24, 2.45) is 0 Å². The van der Waals surface area contributed by atoms with Crippen LogP contribution in [0.3, 0.4) is 0 Å². The molecule has 2 N–H and O–H groups in total. The number of Topliss-reactive ketones (excluding diaryl/α,β-unsaturated/α-hetero) is 1. The zero-order valence-corrected chi connectivity index (χ0v) is 15.7. The fraction of sp³-hybridized carbons (Fsp3) is 0.263. The van der Waals surface area contributed by atoms with Crippen molar-refractivity contribution in [1.82, 2.24) is 0 Å². The molecule has 1 amide bonds. The number of hydrogen-bond acceptors (Lipinski definition) is 4. The Morgan fingerprint density at radius 2 is 1.96 bits per heavy atom. The molecule has 27 heavy (non-hydrogen) atoms. The van der Waals surface area contributed by atoms with Crippen molar-refractivity contribution in [1.29, 1.82) is 0 Å². The fourth-order valence-corrected chi connectivity index (χ4v) is 3.10. The van der Waals surface area contributed by atoms with Gasteiger partial charge in [-0.15, -0.1) is 0 Å². The Balaban J connectivity index is 1.70. The lowest BCUT2D eigenvalue weighted by atomic mass is 10.1. The number of carbonyl (C=O) groups is 2. The lowest BCUT2D eigenvalue weighted by Gasteiger charge is -2.16. The molecule has 1 atom stereocenters. The van der Waals surface area contributed by atoms with Crippen molar-refractivity contribution in [2.75, 3.05) is 25.7 Å². The van der Waals surface area contributed by atoms with Gasteiger partial charge in [-0.25, -0.2) is 4.39 Å². The molecule has 0 aromatic heterocycles. The van der Waals surface area contributed by atoms with Gasteiger partial charge in [-0.3, -0.25) is 9.59 Å². The van der Waals surface area contributed by atoms with E-state index in [1.807, 2.05) is 0 Å². The zero-order chi connectivity index (χ0) is 19.6. The summed E-state index contributed by atoms with van der Waals surface area (Å²) in [7, 11) is 1.76. The van der Waals surface area contributed by atoms with Gasteiger partial charge in [0.2, 0.25) is 6.79 Å². The number of nitrogens with one attached hydrogen (secondary N) is 2. The van der Waals surface area contributed by atoms with Gasteiger partial charge in [0.15, 0.2) is 23.8 Å². The van der Waals surface area contributed by atoms with Crippen molar-refractivity contribution in [3.8, 4) is 11.5 Å². The molecule has 2 aromatic rings. The molecule has 0 bridgehead atoms. The maximum Gasteiger partial charge on any atom is 0.279 e. The van der Waals surface area contributed by atoms with Crippen molar-refractivity contribution in [3.05, 3.63) is 52.3 Å². The summed E-state index contributed by atoms with van der Waals surface area (Å²) >= 11 is 6.03. The van der Waals surface area contributed by atoms with Crippen LogP contribution >= 0.6 is 11.6 Å². The highest BCUT2D eigenvalue weighted by atomic mass is 35.5. The van der Waals surface area contributed by atoms with Crippen LogP contribution in [0.1, 0.15) is 22.8 Å². The number of benzene rings is 2. The van der Waals surface area contributed by atoms with E-state index in [4.69, 9.17) is 21.1 Å². The third-order valence-corrected chi connectivity index (χ3v) is 4.52. The first-order chi connectivity index (χ1) is 12.8. The number of halogens is 2. The number of anilines is 1. The van der Waals surface area contributed by atoms with Crippen molar-refractivity contribution in [2.45, 2.75) is 13.5 Å². The number of amides is 1. The molecule has 2 aromatic carbocycles. The summed E-state index contributed by atoms with van der Waals surface area (Å²) < 4.78 is 24.5. The molecule has 0 spiro atoms. The van der Waals surface area contributed by atoms with Gasteiger partial charge in [-0.05, 0) is 25.1 Å². The predicted molar refractivity (Wildman–Crippen MR) is 98.1 cm³/mol. The van der Waals surface area contributed by atoms with Gasteiger partial charge >= 0.3 is 0 Å². The number of quaternary nitrogens is 1. The van der Waals surface area contributed by atoms with Crippen LogP contribution in [-0.2, 0) is 11.3 Å². The lowest BCUT2D eigenvalue weighted by Crippen LogP contribution is -3.08. The maximum atomic E-state index is 13.9. The average Bonchev–Trinajstić information content (AvgIpc) is 3.04. The minimum Gasteiger partial charge on any atom is -0.454 e. The Morgan fingerprint density at radius 1 is 1.26 bits per heavy atom. The normalized spacial score (nSPS) is 13.3. The standard InChI is InChI=1S/C19H18ClFN2O4/c1-11(24)12-6-17-18(27-10-26-17)7-16(12)22-19(25)9-23(2)8-13-14(20)4-3-5-15(13)21/h3-7H,8-10H2,1-2H3,(H,22,25)/p+1. The minimum atomic E-state index is -0.406. The van der Waals surface area contributed by atoms with Crippen molar-refractivity contribution in [3.63, 3.8) is 0 Å². The van der Waals surface area contributed by atoms with Gasteiger partial charge in [-0.1, -0.05) is 17.7 Å². The predicted octanol–water partition coefficient (Wildman–Crippen LogP) is 2.06. The van der Waals surface area contributed by atoms with Crippen molar-refractivity contribution < 1.29 is 28.4 Å². The van der Waals surface area contributed by atoms with E-state index < -0.39 is 5.82 Å². The van der Waals surface area contributed by atoms with E-state index in [0.29, 0.717) is 33.3 Å². The number of hydrogen-bond donors (Lipinski definition) is 2. The van der Waals surface area contributed by atoms with Crippen LogP contribution in [0.5, 0.6) is 11.5 Å². The summed E-state index contributed by atoms with van der Waals surface area (Å²) in [5.41, 5.74) is 1.05. The second-order valence-corrected chi connectivity index (χ2v) is 6.77. The average molecular weight is 394 g/mol. The highest BCUT2D eigenvalue weighted by molar-refractivity contribution is 6.31. The number of ketones is 1. The summed E-state index contributed by atoms with van der Waals surface area (Å²) in [6.07, 6.45) is 0. The molecule has 8 heteroatoms. The smallest absolute Gasteiger partial charge is 0.279 e. The fourth-order valence-electron chi connectivity index (χ4n) is 2.87. The molecule has 3 rings (SSSR count). The number of ether oxygens (including phenoxy) is 2. The summed E-state index contributed by atoms with van der Waals surface area (Å²) in [5.74, 6) is 0.00457. The highest BCUT2D eigenvalue weighted by Gasteiger charge is 2.22. The van der Waals surface area contributed by atoms with Crippen LogP contribution in [0.2, 0.25) is 5.02 Å². The van der Waals surface area contributed by atoms with E-state index in [2.05, 4.69) is 5.32 Å². The first-order valence-corrected chi connectivity index (χ1v) is 8.71. The van der Waals surface area contributed by atoms with Gasteiger partial charge in [0.25, 0.3) is 5.91 Å². The molecule has 1 aliphatic rings. The topological polar surface area (TPSA) is 69.1 Å². The lowest BCUT2D eigenvalue weighted by molar-refractivity contribution is -0.885. The van der Waals surface area contributed by atoms with Gasteiger partial charge < -0.3 is 19.7 Å². The molecule has 6 nitrogen and oxygen atoms in total. The quantitative estimate of drug-likeness (QED) is 0.737. The van der Waals surface area contributed by atoms with Gasteiger partial charge in [0.1, 0.15) is 12.4 Å². The van der Waals surface area contributed by atoms with Crippen LogP contribution < -0.4 is 19.7 Å². The number of rotatable bonds is 6. The second-order valence-electron chi connectivity index (χ2n) is 6.37. The third-order valence-electron chi connectivity index (χ3n) is 4.17. The Kier molecular flexibility index (Phi) is 5.62. The molecule has 0 saturated carbocycles. The summed E-state index contributed by atoms with van der Waals surface area (Å²) in [4.78, 5) is 25.0. The highest BCUT2D eigenvalue weighted by Crippen LogP contribution is 2.37. The van der Waals surface area contributed by atoms with Gasteiger partial charge in [0, 0.05) is 11.6 Å². The molecule has 0 radical (unpaired) electrons. The third kappa shape index (κ3) is 4.37. The van der Waals surface area contributed by atoms with E-state index in [0.717, 1.165) is 4.90 Å². The van der Waals surface area contributed by atoms with Crippen LogP contribution in [0, 0.1) is 5.82 Å². The molecule has 1 aliphatic heterocycles. The van der Waals surface area contributed by atoms with E-state index in [1.54, 1.807) is 25.2 Å². The summed E-state index contributed by atoms with van der Waals surface area (Å²) in [6, 6.07) is 7.60. The summed E-state index contributed by atoms with van der Waals surface area (Å²) in [5, 5.41) is 3.05. The number of fused-ring (bicyclic) bond motifs is 1. The molecule has 1 unspecified atom stereocenters. The number of carbonyl (C=O) groups excluding carboxylic acids is 2. The van der Waals surface area contributed by atoms with Crippen LogP contribution in [-0.4, -0.2) is 32.1 Å². The van der Waals surface area contributed by atoms with E-state index in [9.17, 15) is 14.0 Å². The van der Waals surface area contributed by atoms with Crippen LogP contribution in [0.25, 0.3) is 0 Å². The van der Waals surface area contributed by atoms with E-state index in [-0.39, 0.29) is 31.6 Å². The minimum absolute atomic E-state index is 0.0659. The van der Waals surface area contributed by atoms with E-state index >= 15 is 0 Å². The Bertz CT molecular complexity index is 883. The van der Waals surface area contributed by atoms with Crippen molar-refractivity contribution >= 4 is 29.0 Å². The molecule has 0 aliphatic carbocycles. The van der Waals surface area contributed by atoms with Crippen LogP contribution in [0.4, 0.5) is 10.1 Å². The Hall–Kier alpha value is -2.64. The van der Waals surface area contributed by atoms with E-state index in [1.165, 1.54) is 19.1 Å². The number of likely N-dealkylation sites (N-methyl/N-ethyl adjacent to an activating group) is 1. The first kappa shape index (κ1) is 19.1. The molecule has 142 valence electrons. The molecular weight excluding hydrogens is 375 g/mol. The molecule has 1 heterocycles. The maximum absolute atomic E-state index is 13.9. The SMILES string of the molecule is CC(=O)c1cc2c(cc1NC(=O)C[NH+](C)Cc1c(F)cccc1Cl)OCO2. The Morgan fingerprint density at radius 3 is 2.63 bits per heavy atom.